The highest BCUT2D eigenvalue weighted by molar-refractivity contribution is 7.99. The largest absolute Gasteiger partial charge is 0.490 e. The zero-order valence-electron chi connectivity index (χ0n) is 19.9. The number of benzene rings is 1. The maximum atomic E-state index is 12.4. The van der Waals surface area contributed by atoms with Gasteiger partial charge in [-0.25, -0.2) is 4.98 Å². The highest BCUT2D eigenvalue weighted by Crippen LogP contribution is 2.28. The lowest BCUT2D eigenvalue weighted by Crippen LogP contribution is -2.15. The van der Waals surface area contributed by atoms with Gasteiger partial charge in [-0.05, 0) is 63.8 Å². The first-order valence-electron chi connectivity index (χ1n) is 11.8. The van der Waals surface area contributed by atoms with E-state index in [1.165, 1.54) is 35.9 Å². The number of esters is 1. The average Bonchev–Trinajstić information content (AvgIpc) is 3.60. The first-order chi connectivity index (χ1) is 17.1. The van der Waals surface area contributed by atoms with Crippen molar-refractivity contribution in [3.63, 3.8) is 0 Å². The highest BCUT2D eigenvalue weighted by Gasteiger charge is 2.18. The summed E-state index contributed by atoms with van der Waals surface area (Å²) < 4.78 is 13.0. The van der Waals surface area contributed by atoms with Gasteiger partial charge < -0.3 is 19.4 Å². The Morgan fingerprint density at radius 2 is 1.94 bits per heavy atom. The molecular formula is C24H29N5O4S2. The number of ether oxygens (including phenoxy) is 2. The molecule has 1 aliphatic carbocycles. The number of thiazole rings is 1. The number of hydrogen-bond donors (Lipinski definition) is 1. The number of thioether (sulfide) groups is 1. The molecule has 2 aromatic heterocycles. The Balaban J connectivity index is 1.32. The predicted molar refractivity (Wildman–Crippen MR) is 136 cm³/mol. The van der Waals surface area contributed by atoms with Gasteiger partial charge in [0.05, 0.1) is 30.6 Å². The number of nitrogens with zero attached hydrogens (tertiary/aromatic N) is 4. The first-order valence-corrected chi connectivity index (χ1v) is 13.6. The maximum Gasteiger partial charge on any atom is 0.311 e. The van der Waals surface area contributed by atoms with E-state index in [1.807, 2.05) is 35.8 Å². The molecule has 1 amide bonds. The Hall–Kier alpha value is -2.92. The smallest absolute Gasteiger partial charge is 0.311 e. The molecule has 1 saturated carbocycles. The maximum absolute atomic E-state index is 12.4. The lowest BCUT2D eigenvalue weighted by molar-refractivity contribution is -0.142. The fourth-order valence-electron chi connectivity index (χ4n) is 3.87. The fraction of sp³-hybridized carbons (Fsp3) is 0.458. The summed E-state index contributed by atoms with van der Waals surface area (Å²) >= 11 is 2.59. The highest BCUT2D eigenvalue weighted by atomic mass is 32.2. The van der Waals surface area contributed by atoms with Gasteiger partial charge in [0.1, 0.15) is 5.75 Å². The van der Waals surface area contributed by atoms with Gasteiger partial charge in [0, 0.05) is 17.5 Å². The third-order valence-corrected chi connectivity index (χ3v) is 7.29. The van der Waals surface area contributed by atoms with Crippen LogP contribution < -0.4 is 10.1 Å². The number of anilines is 1. The van der Waals surface area contributed by atoms with E-state index in [2.05, 4.69) is 20.5 Å². The molecular weight excluding hydrogens is 486 g/mol. The van der Waals surface area contributed by atoms with Gasteiger partial charge in [-0.3, -0.25) is 9.59 Å². The molecule has 1 N–H and O–H groups in total. The van der Waals surface area contributed by atoms with E-state index in [1.54, 1.807) is 12.3 Å². The predicted octanol–water partition coefficient (Wildman–Crippen LogP) is 4.58. The minimum Gasteiger partial charge on any atom is -0.490 e. The van der Waals surface area contributed by atoms with Crippen molar-refractivity contribution >= 4 is 40.1 Å². The molecule has 3 aromatic rings. The van der Waals surface area contributed by atoms with Gasteiger partial charge in [-0.2, -0.15) is 0 Å². The van der Waals surface area contributed by atoms with Crippen LogP contribution in [-0.2, 0) is 27.3 Å². The SMILES string of the molecule is CCOC(=O)Cc1csc(NC(=O)CSc2nnc(-c3ccc(OC4CCCC4)cc3)n2CC)n1. The van der Waals surface area contributed by atoms with Crippen molar-refractivity contribution in [1.82, 2.24) is 19.7 Å². The molecule has 1 aliphatic rings. The van der Waals surface area contributed by atoms with Crippen LogP contribution in [0.3, 0.4) is 0 Å². The van der Waals surface area contributed by atoms with E-state index in [-0.39, 0.29) is 24.1 Å². The van der Waals surface area contributed by atoms with Crippen molar-refractivity contribution in [1.29, 1.82) is 0 Å². The third-order valence-electron chi connectivity index (χ3n) is 5.51. The fourth-order valence-corrected chi connectivity index (χ4v) is 5.39. The van der Waals surface area contributed by atoms with Crippen LogP contribution in [0.5, 0.6) is 5.75 Å². The molecule has 1 fully saturated rings. The van der Waals surface area contributed by atoms with Crippen LogP contribution in [0.4, 0.5) is 5.13 Å². The molecule has 0 spiro atoms. The van der Waals surface area contributed by atoms with Crippen LogP contribution in [0.1, 0.15) is 45.2 Å². The molecule has 2 heterocycles. The van der Waals surface area contributed by atoms with Crippen molar-refractivity contribution in [2.24, 2.45) is 0 Å². The van der Waals surface area contributed by atoms with Crippen molar-refractivity contribution < 1.29 is 19.1 Å². The topological polar surface area (TPSA) is 108 Å². The standard InChI is InChI=1S/C24H29N5O4S2/c1-3-29-22(16-9-11-19(12-10-16)33-18-7-5-6-8-18)27-28-24(29)35-15-20(30)26-23-25-17(14-34-23)13-21(31)32-4-2/h9-12,14,18H,3-8,13,15H2,1-2H3,(H,25,26,30). The van der Waals surface area contributed by atoms with Crippen LogP contribution in [0.15, 0.2) is 34.8 Å². The zero-order chi connectivity index (χ0) is 24.6. The molecule has 0 bridgehead atoms. The second-order valence-electron chi connectivity index (χ2n) is 8.06. The summed E-state index contributed by atoms with van der Waals surface area (Å²) in [6.45, 7) is 4.78. The minimum atomic E-state index is -0.336. The van der Waals surface area contributed by atoms with Crippen molar-refractivity contribution in [3.8, 4) is 17.1 Å². The summed E-state index contributed by atoms with van der Waals surface area (Å²) in [5.74, 6) is 1.26. The van der Waals surface area contributed by atoms with Gasteiger partial charge in [-0.15, -0.1) is 21.5 Å². The minimum absolute atomic E-state index is 0.0883. The van der Waals surface area contributed by atoms with E-state index >= 15 is 0 Å². The number of amides is 1. The molecule has 186 valence electrons. The average molecular weight is 516 g/mol. The summed E-state index contributed by atoms with van der Waals surface area (Å²) in [6.07, 6.45) is 5.13. The van der Waals surface area contributed by atoms with Gasteiger partial charge in [0.25, 0.3) is 0 Å². The van der Waals surface area contributed by atoms with Crippen LogP contribution in [0.2, 0.25) is 0 Å². The van der Waals surface area contributed by atoms with Crippen molar-refractivity contribution in [2.45, 2.75) is 63.8 Å². The second kappa shape index (κ2) is 12.2. The van der Waals surface area contributed by atoms with Gasteiger partial charge in [0.2, 0.25) is 5.91 Å². The molecule has 0 unspecified atom stereocenters. The monoisotopic (exact) mass is 515 g/mol. The molecule has 11 heteroatoms. The van der Waals surface area contributed by atoms with E-state index in [9.17, 15) is 9.59 Å². The molecule has 4 rings (SSSR count). The Labute approximate surface area is 212 Å². The van der Waals surface area contributed by atoms with Crippen molar-refractivity contribution in [3.05, 3.63) is 35.3 Å². The van der Waals surface area contributed by atoms with Gasteiger partial charge in [0.15, 0.2) is 16.1 Å². The lowest BCUT2D eigenvalue weighted by atomic mass is 10.2. The number of carbonyl (C=O) groups is 2. The molecule has 0 aliphatic heterocycles. The first kappa shape index (κ1) is 25.2. The van der Waals surface area contributed by atoms with E-state index in [4.69, 9.17) is 9.47 Å². The normalized spacial score (nSPS) is 13.7. The molecule has 0 saturated heterocycles. The van der Waals surface area contributed by atoms with Gasteiger partial charge >= 0.3 is 5.97 Å². The number of aromatic nitrogens is 4. The second-order valence-corrected chi connectivity index (χ2v) is 9.86. The van der Waals surface area contributed by atoms with Crippen molar-refractivity contribution in [2.75, 3.05) is 17.7 Å². The molecule has 0 atom stereocenters. The Morgan fingerprint density at radius 1 is 1.17 bits per heavy atom. The van der Waals surface area contributed by atoms with Crippen LogP contribution in [-0.4, -0.2) is 50.1 Å². The Morgan fingerprint density at radius 3 is 2.66 bits per heavy atom. The van der Waals surface area contributed by atoms with E-state index in [0.717, 1.165) is 30.0 Å². The molecule has 9 nitrogen and oxygen atoms in total. The number of hydrogen-bond acceptors (Lipinski definition) is 9. The third kappa shape index (κ3) is 6.82. The quantitative estimate of drug-likeness (QED) is 0.292. The van der Waals surface area contributed by atoms with Gasteiger partial charge in [-0.1, -0.05) is 11.8 Å². The van der Waals surface area contributed by atoms with E-state index < -0.39 is 0 Å². The Bertz CT molecular complexity index is 1140. The Kier molecular flexibility index (Phi) is 8.75. The molecule has 1 aromatic carbocycles. The lowest BCUT2D eigenvalue weighted by Gasteiger charge is -2.13. The summed E-state index contributed by atoms with van der Waals surface area (Å²) in [5, 5.41) is 14.3. The summed E-state index contributed by atoms with van der Waals surface area (Å²) in [6, 6.07) is 7.95. The number of carbonyl (C=O) groups excluding carboxylic acids is 2. The summed E-state index contributed by atoms with van der Waals surface area (Å²) in [5.41, 5.74) is 1.53. The summed E-state index contributed by atoms with van der Waals surface area (Å²) in [7, 11) is 0. The summed E-state index contributed by atoms with van der Waals surface area (Å²) in [4.78, 5) is 28.3. The number of nitrogens with one attached hydrogen (secondary N) is 1. The van der Waals surface area contributed by atoms with E-state index in [0.29, 0.717) is 35.2 Å². The molecule has 0 radical (unpaired) electrons. The van der Waals surface area contributed by atoms with Crippen LogP contribution in [0.25, 0.3) is 11.4 Å². The zero-order valence-corrected chi connectivity index (χ0v) is 21.5. The van der Waals surface area contributed by atoms with Crippen LogP contribution in [0, 0.1) is 0 Å². The number of rotatable bonds is 11. The van der Waals surface area contributed by atoms with Crippen LogP contribution >= 0.6 is 23.1 Å². The molecule has 35 heavy (non-hydrogen) atoms.